The number of anilines is 1. The lowest BCUT2D eigenvalue weighted by atomic mass is 10.1. The van der Waals surface area contributed by atoms with E-state index >= 15 is 0 Å². The Morgan fingerprint density at radius 3 is 2.48 bits per heavy atom. The highest BCUT2D eigenvalue weighted by Crippen LogP contribution is 2.18. The zero-order chi connectivity index (χ0) is 20.5. The van der Waals surface area contributed by atoms with Gasteiger partial charge in [-0.1, -0.05) is 48.5 Å². The van der Waals surface area contributed by atoms with Crippen molar-refractivity contribution in [3.8, 4) is 0 Å². The predicted octanol–water partition coefficient (Wildman–Crippen LogP) is 4.90. The van der Waals surface area contributed by atoms with E-state index in [4.69, 9.17) is 4.74 Å². The number of ether oxygens (including phenoxy) is 1. The van der Waals surface area contributed by atoms with Gasteiger partial charge in [-0.2, -0.15) is 0 Å². The molecule has 2 N–H and O–H groups in total. The van der Waals surface area contributed by atoms with E-state index in [0.29, 0.717) is 35.7 Å². The number of rotatable bonds is 9. The average molecular weight is 409 g/mol. The summed E-state index contributed by atoms with van der Waals surface area (Å²) < 4.78 is 5.83. The summed E-state index contributed by atoms with van der Waals surface area (Å²) in [5.41, 5.74) is 2.07. The van der Waals surface area contributed by atoms with Crippen molar-refractivity contribution in [2.75, 3.05) is 18.5 Å². The highest BCUT2D eigenvalue weighted by molar-refractivity contribution is 7.12. The zero-order valence-electron chi connectivity index (χ0n) is 16.3. The molecule has 150 valence electrons. The Morgan fingerprint density at radius 2 is 1.72 bits per heavy atom. The maximum Gasteiger partial charge on any atom is 0.265 e. The normalized spacial score (nSPS) is 11.6. The van der Waals surface area contributed by atoms with E-state index < -0.39 is 0 Å². The fourth-order valence-electron chi connectivity index (χ4n) is 2.83. The SMILES string of the molecule is CC(OCCCNC(=O)c1ccccc1NC(=O)c1cccs1)c1ccccc1. The Kier molecular flexibility index (Phi) is 7.55. The predicted molar refractivity (Wildman–Crippen MR) is 116 cm³/mol. The summed E-state index contributed by atoms with van der Waals surface area (Å²) in [6, 6.07) is 20.6. The Hall–Kier alpha value is -2.96. The van der Waals surface area contributed by atoms with Gasteiger partial charge in [0.1, 0.15) is 0 Å². The number of carbonyl (C=O) groups excluding carboxylic acids is 2. The molecule has 1 heterocycles. The van der Waals surface area contributed by atoms with Crippen molar-refractivity contribution in [2.45, 2.75) is 19.4 Å². The molecule has 0 aliphatic carbocycles. The van der Waals surface area contributed by atoms with Gasteiger partial charge < -0.3 is 15.4 Å². The summed E-state index contributed by atoms with van der Waals surface area (Å²) in [6.45, 7) is 3.06. The van der Waals surface area contributed by atoms with Gasteiger partial charge in [0.25, 0.3) is 11.8 Å². The van der Waals surface area contributed by atoms with Crippen LogP contribution in [0, 0.1) is 0 Å². The van der Waals surface area contributed by atoms with Crippen molar-refractivity contribution >= 4 is 28.8 Å². The van der Waals surface area contributed by atoms with Crippen molar-refractivity contribution in [3.63, 3.8) is 0 Å². The van der Waals surface area contributed by atoms with Crippen molar-refractivity contribution in [1.82, 2.24) is 5.32 Å². The molecule has 1 atom stereocenters. The van der Waals surface area contributed by atoms with E-state index in [1.165, 1.54) is 11.3 Å². The van der Waals surface area contributed by atoms with Crippen molar-refractivity contribution < 1.29 is 14.3 Å². The number of carbonyl (C=O) groups is 2. The lowest BCUT2D eigenvalue weighted by Gasteiger charge is -2.14. The van der Waals surface area contributed by atoms with Crippen LogP contribution in [0.2, 0.25) is 0 Å². The largest absolute Gasteiger partial charge is 0.374 e. The van der Waals surface area contributed by atoms with Crippen molar-refractivity contribution in [1.29, 1.82) is 0 Å². The van der Waals surface area contributed by atoms with Crippen molar-refractivity contribution in [3.05, 3.63) is 88.1 Å². The topological polar surface area (TPSA) is 67.4 Å². The molecule has 1 aromatic heterocycles. The molecule has 0 radical (unpaired) electrons. The van der Waals surface area contributed by atoms with Crippen LogP contribution >= 0.6 is 11.3 Å². The van der Waals surface area contributed by atoms with E-state index in [9.17, 15) is 9.59 Å². The first kappa shape index (κ1) is 20.8. The Balaban J connectivity index is 1.46. The molecule has 3 rings (SSSR count). The molecule has 0 spiro atoms. The second-order valence-corrected chi connectivity index (χ2v) is 7.46. The standard InChI is InChI=1S/C23H24N2O3S/c1-17(18-9-3-2-4-10-18)28-15-8-14-24-22(26)19-11-5-6-12-20(19)25-23(27)21-13-7-16-29-21/h2-7,9-13,16-17H,8,14-15H2,1H3,(H,24,26)(H,25,27). The van der Waals surface area contributed by atoms with Crippen LogP contribution in [-0.2, 0) is 4.74 Å². The van der Waals surface area contributed by atoms with Gasteiger partial charge in [-0.3, -0.25) is 9.59 Å². The van der Waals surface area contributed by atoms with Crippen LogP contribution in [0.25, 0.3) is 0 Å². The molecule has 2 amide bonds. The number of para-hydroxylation sites is 1. The minimum Gasteiger partial charge on any atom is -0.374 e. The first-order chi connectivity index (χ1) is 14.1. The van der Waals surface area contributed by atoms with Gasteiger partial charge >= 0.3 is 0 Å². The maximum atomic E-state index is 12.6. The molecule has 2 aromatic carbocycles. The molecule has 0 aliphatic heterocycles. The maximum absolute atomic E-state index is 12.6. The van der Waals surface area contributed by atoms with Gasteiger partial charge in [-0.05, 0) is 42.5 Å². The lowest BCUT2D eigenvalue weighted by molar-refractivity contribution is 0.0635. The van der Waals surface area contributed by atoms with Crippen LogP contribution in [0.15, 0.2) is 72.1 Å². The van der Waals surface area contributed by atoms with Crippen LogP contribution in [0.4, 0.5) is 5.69 Å². The van der Waals surface area contributed by atoms with Gasteiger partial charge in [0.2, 0.25) is 0 Å². The molecule has 0 aliphatic rings. The second kappa shape index (κ2) is 10.5. The monoisotopic (exact) mass is 408 g/mol. The summed E-state index contributed by atoms with van der Waals surface area (Å²) in [5, 5.41) is 7.55. The minimum absolute atomic E-state index is 0.0140. The number of thiophene rings is 1. The number of amides is 2. The molecule has 0 saturated heterocycles. The van der Waals surface area contributed by atoms with Gasteiger partial charge in [0.05, 0.1) is 22.2 Å². The number of hydrogen-bond donors (Lipinski definition) is 2. The van der Waals surface area contributed by atoms with Crippen LogP contribution < -0.4 is 10.6 Å². The third-order valence-corrected chi connectivity index (χ3v) is 5.28. The van der Waals surface area contributed by atoms with E-state index in [-0.39, 0.29) is 17.9 Å². The van der Waals surface area contributed by atoms with Gasteiger partial charge in [0, 0.05) is 13.2 Å². The summed E-state index contributed by atoms with van der Waals surface area (Å²) in [4.78, 5) is 25.4. The van der Waals surface area contributed by atoms with Gasteiger partial charge in [-0.25, -0.2) is 0 Å². The van der Waals surface area contributed by atoms with E-state index in [1.54, 1.807) is 30.3 Å². The third kappa shape index (κ3) is 6.01. The molecule has 0 saturated carbocycles. The summed E-state index contributed by atoms with van der Waals surface area (Å²) in [7, 11) is 0. The highest BCUT2D eigenvalue weighted by atomic mass is 32.1. The molecule has 0 fully saturated rings. The average Bonchev–Trinajstić information content (AvgIpc) is 3.29. The number of hydrogen-bond acceptors (Lipinski definition) is 4. The fourth-order valence-corrected chi connectivity index (χ4v) is 3.45. The summed E-state index contributed by atoms with van der Waals surface area (Å²) in [6.07, 6.45) is 0.715. The lowest BCUT2D eigenvalue weighted by Crippen LogP contribution is -2.26. The van der Waals surface area contributed by atoms with Crippen LogP contribution in [0.3, 0.4) is 0 Å². The molecular weight excluding hydrogens is 384 g/mol. The summed E-state index contributed by atoms with van der Waals surface area (Å²) in [5.74, 6) is -0.438. The van der Waals surface area contributed by atoms with Gasteiger partial charge in [-0.15, -0.1) is 11.3 Å². The van der Waals surface area contributed by atoms with Gasteiger partial charge in [0.15, 0.2) is 0 Å². The van der Waals surface area contributed by atoms with E-state index in [0.717, 1.165) is 5.56 Å². The summed E-state index contributed by atoms with van der Waals surface area (Å²) >= 11 is 1.36. The zero-order valence-corrected chi connectivity index (χ0v) is 17.1. The molecule has 6 heteroatoms. The number of benzene rings is 2. The Morgan fingerprint density at radius 1 is 0.966 bits per heavy atom. The highest BCUT2D eigenvalue weighted by Gasteiger charge is 2.14. The smallest absolute Gasteiger partial charge is 0.265 e. The Bertz CT molecular complexity index is 926. The number of nitrogens with one attached hydrogen (secondary N) is 2. The van der Waals surface area contributed by atoms with Crippen LogP contribution in [0.1, 0.15) is 45.0 Å². The molecule has 5 nitrogen and oxygen atoms in total. The quantitative estimate of drug-likeness (QED) is 0.495. The first-order valence-electron chi connectivity index (χ1n) is 9.54. The second-order valence-electron chi connectivity index (χ2n) is 6.51. The molecular formula is C23H24N2O3S. The first-order valence-corrected chi connectivity index (χ1v) is 10.4. The Labute approximate surface area is 174 Å². The molecule has 0 bridgehead atoms. The van der Waals surface area contributed by atoms with Crippen molar-refractivity contribution in [2.24, 2.45) is 0 Å². The van der Waals surface area contributed by atoms with Crippen LogP contribution in [-0.4, -0.2) is 25.0 Å². The molecule has 1 unspecified atom stereocenters. The third-order valence-electron chi connectivity index (χ3n) is 4.41. The minimum atomic E-state index is -0.219. The van der Waals surface area contributed by atoms with Crippen LogP contribution in [0.5, 0.6) is 0 Å². The molecule has 29 heavy (non-hydrogen) atoms. The van der Waals surface area contributed by atoms with E-state index in [1.807, 2.05) is 48.7 Å². The fraction of sp³-hybridized carbons (Fsp3) is 0.217. The molecule has 3 aromatic rings. The van der Waals surface area contributed by atoms with E-state index in [2.05, 4.69) is 10.6 Å².